The lowest BCUT2D eigenvalue weighted by Crippen LogP contribution is -2.24. The number of benzene rings is 2. The van der Waals surface area contributed by atoms with Gasteiger partial charge < -0.3 is 15.0 Å². The van der Waals surface area contributed by atoms with Gasteiger partial charge in [0.15, 0.2) is 10.6 Å². The highest BCUT2D eigenvalue weighted by Gasteiger charge is 2.24. The van der Waals surface area contributed by atoms with Crippen molar-refractivity contribution in [1.82, 2.24) is 14.8 Å². The Labute approximate surface area is 184 Å². The topological polar surface area (TPSA) is 92.2 Å². The first-order valence-corrected chi connectivity index (χ1v) is 10.4. The molecule has 0 saturated carbocycles. The van der Waals surface area contributed by atoms with Gasteiger partial charge in [0.2, 0.25) is 11.8 Å². The van der Waals surface area contributed by atoms with Crippen LogP contribution in [0.15, 0.2) is 42.5 Å². The van der Waals surface area contributed by atoms with Gasteiger partial charge in [0.05, 0.1) is 12.8 Å². The monoisotopic (exact) mass is 437 g/mol. The molecule has 0 atom stereocenters. The Hall–Kier alpha value is -3.46. The van der Waals surface area contributed by atoms with Crippen LogP contribution in [0.5, 0.6) is 5.75 Å². The average molecular weight is 438 g/mol. The van der Waals surface area contributed by atoms with Crippen LogP contribution < -0.4 is 15.0 Å². The number of anilines is 2. The van der Waals surface area contributed by atoms with Crippen molar-refractivity contribution >= 4 is 35.4 Å². The Balaban J connectivity index is 1.52. The number of amides is 2. The van der Waals surface area contributed by atoms with Gasteiger partial charge in [0.1, 0.15) is 12.3 Å². The molecule has 2 amide bonds. The van der Waals surface area contributed by atoms with Crippen molar-refractivity contribution in [3.05, 3.63) is 52.8 Å². The van der Waals surface area contributed by atoms with Crippen molar-refractivity contribution in [2.45, 2.75) is 26.3 Å². The molecule has 1 aliphatic rings. The van der Waals surface area contributed by atoms with E-state index in [1.54, 1.807) is 34.8 Å². The maximum atomic E-state index is 12.7. The second-order valence-electron chi connectivity index (χ2n) is 7.39. The van der Waals surface area contributed by atoms with Crippen molar-refractivity contribution < 1.29 is 14.3 Å². The predicted molar refractivity (Wildman–Crippen MR) is 121 cm³/mol. The van der Waals surface area contributed by atoms with Crippen molar-refractivity contribution in [2.24, 2.45) is 0 Å². The van der Waals surface area contributed by atoms with Gasteiger partial charge in [-0.15, -0.1) is 0 Å². The Morgan fingerprint density at radius 3 is 2.71 bits per heavy atom. The molecule has 8 nitrogen and oxygen atoms in total. The number of carbonyl (C=O) groups is 2. The van der Waals surface area contributed by atoms with E-state index in [2.05, 4.69) is 15.5 Å². The minimum Gasteiger partial charge on any atom is -0.494 e. The highest BCUT2D eigenvalue weighted by Crippen LogP contribution is 2.33. The maximum Gasteiger partial charge on any atom is 0.244 e. The van der Waals surface area contributed by atoms with Crippen LogP contribution in [0.25, 0.3) is 11.4 Å². The minimum atomic E-state index is -0.252. The molecule has 31 heavy (non-hydrogen) atoms. The fraction of sp³-hybridized carbons (Fsp3) is 0.273. The van der Waals surface area contributed by atoms with E-state index in [1.807, 2.05) is 31.2 Å². The van der Waals surface area contributed by atoms with Crippen molar-refractivity contribution in [3.63, 3.8) is 0 Å². The summed E-state index contributed by atoms with van der Waals surface area (Å²) in [4.78, 5) is 26.5. The third-order valence-corrected chi connectivity index (χ3v) is 5.51. The fourth-order valence-electron chi connectivity index (χ4n) is 3.61. The van der Waals surface area contributed by atoms with Crippen molar-refractivity contribution in [3.8, 4) is 17.1 Å². The molecular weight excluding hydrogens is 414 g/mol. The molecule has 160 valence electrons. The summed E-state index contributed by atoms with van der Waals surface area (Å²) in [6.07, 6.45) is 1.37. The SMILES string of the molecule is COc1cc(NC(=O)Cn2c(-c3ccc(C)cc3)n[nH]c2=S)ccc1N1CCCC1=O. The second-order valence-corrected chi connectivity index (χ2v) is 7.77. The minimum absolute atomic E-state index is 0.00716. The van der Waals surface area contributed by atoms with Gasteiger partial charge in [-0.2, -0.15) is 5.10 Å². The first-order valence-electron chi connectivity index (χ1n) is 9.97. The van der Waals surface area contributed by atoms with Gasteiger partial charge in [-0.25, -0.2) is 0 Å². The first kappa shape index (κ1) is 20.8. The zero-order valence-electron chi connectivity index (χ0n) is 17.3. The fourth-order valence-corrected chi connectivity index (χ4v) is 3.81. The molecule has 0 aliphatic carbocycles. The molecule has 1 saturated heterocycles. The summed E-state index contributed by atoms with van der Waals surface area (Å²) >= 11 is 5.32. The molecule has 4 rings (SSSR count). The number of methoxy groups -OCH3 is 1. The third-order valence-electron chi connectivity index (χ3n) is 5.20. The normalized spacial score (nSPS) is 13.5. The molecule has 1 aromatic heterocycles. The van der Waals surface area contributed by atoms with Crippen LogP contribution in [-0.2, 0) is 16.1 Å². The van der Waals surface area contributed by atoms with Gasteiger partial charge in [-0.1, -0.05) is 29.8 Å². The number of nitrogens with one attached hydrogen (secondary N) is 2. The number of H-pyrrole nitrogens is 1. The molecule has 1 aliphatic heterocycles. The molecule has 0 unspecified atom stereocenters. The summed E-state index contributed by atoms with van der Waals surface area (Å²) in [7, 11) is 1.55. The highest BCUT2D eigenvalue weighted by molar-refractivity contribution is 7.71. The van der Waals surface area contributed by atoms with E-state index < -0.39 is 0 Å². The lowest BCUT2D eigenvalue weighted by atomic mass is 10.1. The van der Waals surface area contributed by atoms with E-state index >= 15 is 0 Å². The summed E-state index contributed by atoms with van der Waals surface area (Å²) in [5.41, 5.74) is 3.29. The number of hydrogen-bond donors (Lipinski definition) is 2. The van der Waals surface area contributed by atoms with Gasteiger partial charge in [-0.3, -0.25) is 19.3 Å². The van der Waals surface area contributed by atoms with Crippen LogP contribution in [0.3, 0.4) is 0 Å². The number of ether oxygens (including phenoxy) is 1. The van der Waals surface area contributed by atoms with Crippen LogP contribution in [0.2, 0.25) is 0 Å². The van der Waals surface area contributed by atoms with Crippen LogP contribution in [0.1, 0.15) is 18.4 Å². The third kappa shape index (κ3) is 4.36. The van der Waals surface area contributed by atoms with Crippen molar-refractivity contribution in [2.75, 3.05) is 23.9 Å². The smallest absolute Gasteiger partial charge is 0.244 e. The number of aryl methyl sites for hydroxylation is 1. The molecule has 2 aromatic carbocycles. The van der Waals surface area contributed by atoms with E-state index in [0.29, 0.717) is 40.7 Å². The van der Waals surface area contributed by atoms with E-state index in [1.165, 1.54) is 0 Å². The van der Waals surface area contributed by atoms with E-state index in [0.717, 1.165) is 17.5 Å². The zero-order valence-corrected chi connectivity index (χ0v) is 18.2. The van der Waals surface area contributed by atoms with Gasteiger partial charge >= 0.3 is 0 Å². The Kier molecular flexibility index (Phi) is 5.85. The molecule has 0 radical (unpaired) electrons. The van der Waals surface area contributed by atoms with Crippen LogP contribution in [0, 0.1) is 11.7 Å². The quantitative estimate of drug-likeness (QED) is 0.574. The molecule has 0 spiro atoms. The molecule has 9 heteroatoms. The van der Waals surface area contributed by atoms with Crippen LogP contribution >= 0.6 is 12.2 Å². The Morgan fingerprint density at radius 2 is 2.03 bits per heavy atom. The number of rotatable bonds is 6. The molecule has 0 bridgehead atoms. The molecule has 2 heterocycles. The van der Waals surface area contributed by atoms with Gasteiger partial charge in [0, 0.05) is 30.3 Å². The zero-order chi connectivity index (χ0) is 22.0. The van der Waals surface area contributed by atoms with Crippen LogP contribution in [-0.4, -0.2) is 40.2 Å². The predicted octanol–water partition coefficient (Wildman–Crippen LogP) is 3.69. The maximum absolute atomic E-state index is 12.7. The van der Waals surface area contributed by atoms with Gasteiger partial charge in [0.25, 0.3) is 0 Å². The lowest BCUT2D eigenvalue weighted by Gasteiger charge is -2.19. The van der Waals surface area contributed by atoms with E-state index in [4.69, 9.17) is 17.0 Å². The van der Waals surface area contributed by atoms with Crippen molar-refractivity contribution in [1.29, 1.82) is 0 Å². The molecule has 2 N–H and O–H groups in total. The molecule has 3 aromatic rings. The van der Waals surface area contributed by atoms with E-state index in [9.17, 15) is 9.59 Å². The molecule has 1 fully saturated rings. The number of nitrogens with zero attached hydrogens (tertiary/aromatic N) is 3. The summed E-state index contributed by atoms with van der Waals surface area (Å²) in [5, 5.41) is 9.90. The Morgan fingerprint density at radius 1 is 1.26 bits per heavy atom. The number of carbonyl (C=O) groups excluding carboxylic acids is 2. The number of aromatic nitrogens is 3. The lowest BCUT2D eigenvalue weighted by molar-refractivity contribution is -0.117. The summed E-state index contributed by atoms with van der Waals surface area (Å²) in [5.74, 6) is 0.958. The Bertz CT molecular complexity index is 1180. The van der Waals surface area contributed by atoms with E-state index in [-0.39, 0.29) is 18.4 Å². The summed E-state index contributed by atoms with van der Waals surface area (Å²) < 4.78 is 7.48. The van der Waals surface area contributed by atoms with Crippen LogP contribution in [0.4, 0.5) is 11.4 Å². The summed E-state index contributed by atoms with van der Waals surface area (Å²) in [6.45, 7) is 2.68. The molecular formula is C22H23N5O3S. The number of hydrogen-bond acceptors (Lipinski definition) is 5. The standard InChI is InChI=1S/C22H23N5O3S/c1-14-5-7-15(8-6-14)21-24-25-22(31)27(21)13-19(28)23-16-9-10-17(18(12-16)30-2)26-11-3-4-20(26)29/h5-10,12H,3-4,11,13H2,1-2H3,(H,23,28)(H,25,31). The highest BCUT2D eigenvalue weighted by atomic mass is 32.1. The largest absolute Gasteiger partial charge is 0.494 e. The summed E-state index contributed by atoms with van der Waals surface area (Å²) in [6, 6.07) is 13.1. The first-order chi connectivity index (χ1) is 15.0. The average Bonchev–Trinajstić information content (AvgIpc) is 3.34. The number of aromatic amines is 1. The van der Waals surface area contributed by atoms with Gasteiger partial charge in [-0.05, 0) is 37.7 Å². The second kappa shape index (κ2) is 8.73.